The lowest BCUT2D eigenvalue weighted by molar-refractivity contribution is 0.387. The Morgan fingerprint density at radius 2 is 1.96 bits per heavy atom. The number of phenolic OH excluding ortho intramolecular Hbond substituents is 1. The lowest BCUT2D eigenvalue weighted by Crippen LogP contribution is -2.19. The quantitative estimate of drug-likeness (QED) is 0.650. The Bertz CT molecular complexity index is 968. The molecular formula is C22H21N3O3. The highest BCUT2D eigenvalue weighted by molar-refractivity contribution is 5.61. The van der Waals surface area contributed by atoms with Crippen molar-refractivity contribution in [3.8, 4) is 23.3 Å². The fourth-order valence-corrected chi connectivity index (χ4v) is 3.63. The van der Waals surface area contributed by atoms with Crippen molar-refractivity contribution in [2.24, 2.45) is 4.99 Å². The van der Waals surface area contributed by atoms with Gasteiger partial charge in [0.15, 0.2) is 0 Å². The maximum atomic E-state index is 9.92. The maximum Gasteiger partial charge on any atom is 0.235 e. The van der Waals surface area contributed by atoms with Crippen molar-refractivity contribution in [1.29, 1.82) is 5.26 Å². The second kappa shape index (κ2) is 7.65. The van der Waals surface area contributed by atoms with Crippen LogP contribution >= 0.6 is 0 Å². The normalized spacial score (nSPS) is 18.7. The summed E-state index contributed by atoms with van der Waals surface area (Å²) in [6.07, 6.45) is 4.03. The van der Waals surface area contributed by atoms with Gasteiger partial charge in [-0.15, -0.1) is 0 Å². The molecule has 1 atom stereocenters. The number of benzene rings is 2. The summed E-state index contributed by atoms with van der Waals surface area (Å²) < 4.78 is 11.2. The van der Waals surface area contributed by atoms with Gasteiger partial charge in [-0.3, -0.25) is 0 Å². The van der Waals surface area contributed by atoms with Crippen LogP contribution < -0.4 is 9.47 Å². The topological polar surface area (TPSA) is 78.1 Å². The van der Waals surface area contributed by atoms with Crippen molar-refractivity contribution in [3.05, 3.63) is 65.0 Å². The van der Waals surface area contributed by atoms with E-state index in [0.717, 1.165) is 42.8 Å². The Kier molecular flexibility index (Phi) is 4.90. The zero-order chi connectivity index (χ0) is 19.5. The van der Waals surface area contributed by atoms with Gasteiger partial charge in [0.25, 0.3) is 0 Å². The minimum Gasteiger partial charge on any atom is -0.508 e. The number of allylic oxidation sites excluding steroid dienone is 1. The number of nitriles is 1. The number of phenols is 1. The number of hydrogen-bond acceptors (Lipinski definition) is 5. The van der Waals surface area contributed by atoms with Crippen LogP contribution in [0.5, 0.6) is 17.2 Å². The van der Waals surface area contributed by atoms with Crippen LogP contribution in [0.1, 0.15) is 29.9 Å². The summed E-state index contributed by atoms with van der Waals surface area (Å²) in [6, 6.07) is 14.9. The molecule has 0 aliphatic carbocycles. The Balaban J connectivity index is 1.80. The molecule has 0 saturated carbocycles. The van der Waals surface area contributed by atoms with E-state index in [4.69, 9.17) is 9.47 Å². The number of rotatable bonds is 4. The number of likely N-dealkylation sites (tertiary alicyclic amines) is 1. The number of hydrogen-bond donors (Lipinski definition) is 1. The molecule has 0 aromatic heterocycles. The van der Waals surface area contributed by atoms with E-state index in [0.29, 0.717) is 11.3 Å². The fourth-order valence-electron chi connectivity index (χ4n) is 3.63. The van der Waals surface area contributed by atoms with E-state index < -0.39 is 0 Å². The van der Waals surface area contributed by atoms with Crippen LogP contribution in [-0.4, -0.2) is 36.5 Å². The van der Waals surface area contributed by atoms with Crippen molar-refractivity contribution < 1.29 is 14.6 Å². The third-order valence-corrected chi connectivity index (χ3v) is 5.08. The van der Waals surface area contributed by atoms with E-state index in [1.165, 1.54) is 0 Å². The highest BCUT2D eigenvalue weighted by Gasteiger charge is 2.32. The number of nitrogens with zero attached hydrogens (tertiary/aromatic N) is 3. The Hall–Kier alpha value is -3.46. The molecule has 1 saturated heterocycles. The first-order valence-corrected chi connectivity index (χ1v) is 9.27. The van der Waals surface area contributed by atoms with Gasteiger partial charge in [-0.05, 0) is 36.6 Å². The van der Waals surface area contributed by atoms with Crippen molar-refractivity contribution in [3.63, 3.8) is 0 Å². The number of ether oxygens (including phenoxy) is 2. The molecule has 1 unspecified atom stereocenters. The monoisotopic (exact) mass is 375 g/mol. The summed E-state index contributed by atoms with van der Waals surface area (Å²) in [7, 11) is 1.62. The molecule has 28 heavy (non-hydrogen) atoms. The molecule has 1 fully saturated rings. The first kappa shape index (κ1) is 17.9. The average Bonchev–Trinajstić information content (AvgIpc) is 3.24. The lowest BCUT2D eigenvalue weighted by atomic mass is 9.83. The van der Waals surface area contributed by atoms with Crippen molar-refractivity contribution in [2.75, 3.05) is 20.2 Å². The van der Waals surface area contributed by atoms with E-state index in [-0.39, 0.29) is 17.6 Å². The van der Waals surface area contributed by atoms with Gasteiger partial charge in [-0.2, -0.15) is 5.26 Å². The van der Waals surface area contributed by atoms with Crippen LogP contribution in [0.3, 0.4) is 0 Å². The molecule has 2 aromatic carbocycles. The standard InChI is InChI=1S/C22H21N3O3/c1-27-17-7-4-15(5-8-17)21-18-9-6-16(26)12-20(18)28-22(19(21)13-23)24-14-25-10-2-3-11-25/h4-9,12,14,21,26H,2-3,10-11H2,1H3. The smallest absolute Gasteiger partial charge is 0.235 e. The molecule has 6 nitrogen and oxygen atoms in total. The minimum atomic E-state index is -0.328. The largest absolute Gasteiger partial charge is 0.508 e. The van der Waals surface area contributed by atoms with Crippen molar-refractivity contribution in [1.82, 2.24) is 4.90 Å². The van der Waals surface area contributed by atoms with Crippen LogP contribution in [0.4, 0.5) is 0 Å². The van der Waals surface area contributed by atoms with Gasteiger partial charge >= 0.3 is 0 Å². The van der Waals surface area contributed by atoms with Crippen LogP contribution in [-0.2, 0) is 0 Å². The molecule has 0 radical (unpaired) electrons. The van der Waals surface area contributed by atoms with Gasteiger partial charge < -0.3 is 19.5 Å². The SMILES string of the molecule is COc1ccc(C2C(C#N)=C(N=CN3CCCC3)Oc3cc(O)ccc32)cc1. The third kappa shape index (κ3) is 3.39. The van der Waals surface area contributed by atoms with E-state index in [1.807, 2.05) is 24.3 Å². The summed E-state index contributed by atoms with van der Waals surface area (Å²) in [4.78, 5) is 6.60. The Morgan fingerprint density at radius 1 is 1.21 bits per heavy atom. The molecule has 0 spiro atoms. The van der Waals surface area contributed by atoms with E-state index >= 15 is 0 Å². The fraction of sp³-hybridized carbons (Fsp3) is 0.273. The van der Waals surface area contributed by atoms with Crippen LogP contribution in [0.15, 0.2) is 58.9 Å². The molecule has 0 bridgehead atoms. The molecule has 6 heteroatoms. The molecule has 2 aliphatic heterocycles. The third-order valence-electron chi connectivity index (χ3n) is 5.08. The van der Waals surface area contributed by atoms with Crippen LogP contribution in [0, 0.1) is 11.3 Å². The summed E-state index contributed by atoms with van der Waals surface area (Å²) in [5.74, 6) is 1.31. The van der Waals surface area contributed by atoms with Gasteiger partial charge in [0.1, 0.15) is 28.9 Å². The first-order chi connectivity index (χ1) is 13.7. The zero-order valence-corrected chi connectivity index (χ0v) is 15.6. The second-order valence-electron chi connectivity index (χ2n) is 6.85. The van der Waals surface area contributed by atoms with Gasteiger partial charge in [0, 0.05) is 24.7 Å². The van der Waals surface area contributed by atoms with E-state index in [1.54, 1.807) is 31.6 Å². The minimum absolute atomic E-state index is 0.107. The summed E-state index contributed by atoms with van der Waals surface area (Å²) in [5.41, 5.74) is 2.19. The maximum absolute atomic E-state index is 9.92. The van der Waals surface area contributed by atoms with Gasteiger partial charge in [0.2, 0.25) is 5.88 Å². The zero-order valence-electron chi connectivity index (χ0n) is 15.6. The van der Waals surface area contributed by atoms with Crippen molar-refractivity contribution in [2.45, 2.75) is 18.8 Å². The highest BCUT2D eigenvalue weighted by Crippen LogP contribution is 2.44. The number of fused-ring (bicyclic) bond motifs is 1. The first-order valence-electron chi connectivity index (χ1n) is 9.27. The molecule has 0 amide bonds. The van der Waals surface area contributed by atoms with Gasteiger partial charge in [-0.1, -0.05) is 18.2 Å². The van der Waals surface area contributed by atoms with Gasteiger partial charge in [-0.25, -0.2) is 4.99 Å². The molecular weight excluding hydrogens is 354 g/mol. The highest BCUT2D eigenvalue weighted by atomic mass is 16.5. The lowest BCUT2D eigenvalue weighted by Gasteiger charge is -2.26. The van der Waals surface area contributed by atoms with Crippen LogP contribution in [0.2, 0.25) is 0 Å². The summed E-state index contributed by atoms with van der Waals surface area (Å²) >= 11 is 0. The number of aromatic hydroxyl groups is 1. The van der Waals surface area contributed by atoms with E-state index in [9.17, 15) is 10.4 Å². The second-order valence-corrected chi connectivity index (χ2v) is 6.85. The number of aliphatic imine (C=N–C) groups is 1. The molecule has 2 heterocycles. The molecule has 142 valence electrons. The molecule has 1 N–H and O–H groups in total. The van der Waals surface area contributed by atoms with Crippen LogP contribution in [0.25, 0.3) is 0 Å². The average molecular weight is 375 g/mol. The number of methoxy groups -OCH3 is 1. The predicted molar refractivity (Wildman–Crippen MR) is 106 cm³/mol. The van der Waals surface area contributed by atoms with E-state index in [2.05, 4.69) is 16.0 Å². The Labute approximate surface area is 164 Å². The van der Waals surface area contributed by atoms with Gasteiger partial charge in [0.05, 0.1) is 19.4 Å². The summed E-state index contributed by atoms with van der Waals surface area (Å²) in [5, 5.41) is 19.8. The molecule has 2 aromatic rings. The Morgan fingerprint density at radius 3 is 2.64 bits per heavy atom. The predicted octanol–water partition coefficient (Wildman–Crippen LogP) is 3.78. The molecule has 4 rings (SSSR count). The van der Waals surface area contributed by atoms with Crippen molar-refractivity contribution >= 4 is 6.34 Å². The summed E-state index contributed by atoms with van der Waals surface area (Å²) in [6.45, 7) is 1.91. The molecule has 2 aliphatic rings.